The van der Waals surface area contributed by atoms with Gasteiger partial charge in [0.25, 0.3) is 0 Å². The average molecular weight is 322 g/mol. The van der Waals surface area contributed by atoms with Gasteiger partial charge in [0.2, 0.25) is 0 Å². The Morgan fingerprint density at radius 2 is 1.83 bits per heavy atom. The van der Waals surface area contributed by atoms with E-state index in [1.807, 2.05) is 28.9 Å². The fourth-order valence-electron chi connectivity index (χ4n) is 2.80. The molecule has 122 valence electrons. The molecule has 7 nitrogen and oxygen atoms in total. The Morgan fingerprint density at radius 1 is 1.08 bits per heavy atom. The fourth-order valence-corrected chi connectivity index (χ4v) is 2.80. The molecule has 0 bridgehead atoms. The minimum atomic E-state index is 0.0892. The lowest BCUT2D eigenvalue weighted by molar-refractivity contribution is 0.00125. The molecule has 0 saturated carbocycles. The van der Waals surface area contributed by atoms with Crippen molar-refractivity contribution in [2.45, 2.75) is 25.8 Å². The first-order valence-electron chi connectivity index (χ1n) is 7.94. The van der Waals surface area contributed by atoms with E-state index in [-0.39, 0.29) is 6.10 Å². The van der Waals surface area contributed by atoms with Crippen molar-refractivity contribution in [3.63, 3.8) is 0 Å². The summed E-state index contributed by atoms with van der Waals surface area (Å²) in [6.45, 7) is 2.80. The number of rotatable bonds is 5. The van der Waals surface area contributed by atoms with Gasteiger partial charge in [0.05, 0.1) is 24.9 Å². The Balaban J connectivity index is 1.37. The topological polar surface area (TPSA) is 77.8 Å². The lowest BCUT2D eigenvalue weighted by Crippen LogP contribution is -2.36. The predicted molar refractivity (Wildman–Crippen MR) is 87.8 cm³/mol. The smallest absolute Gasteiger partial charge is 0.118 e. The van der Waals surface area contributed by atoms with Crippen molar-refractivity contribution in [1.82, 2.24) is 30.3 Å². The molecule has 0 aromatic carbocycles. The number of nitrogens with one attached hydrogen (secondary N) is 1. The summed E-state index contributed by atoms with van der Waals surface area (Å²) in [5.74, 6) is 0. The standard InChI is InChI=1S/C17H18N6O/c1-5-18-6-2-13(1)9-20-10-15-11-23-16(12-24-15)17(21-22-23)14-3-7-19-8-4-14/h1-8,15,20H,9-12H2/t15-/m1/s1. The minimum absolute atomic E-state index is 0.0892. The van der Waals surface area contributed by atoms with E-state index in [9.17, 15) is 0 Å². The van der Waals surface area contributed by atoms with Crippen molar-refractivity contribution in [2.75, 3.05) is 6.54 Å². The van der Waals surface area contributed by atoms with Gasteiger partial charge in [-0.2, -0.15) is 0 Å². The van der Waals surface area contributed by atoms with Crippen LogP contribution in [0.3, 0.4) is 0 Å². The van der Waals surface area contributed by atoms with E-state index < -0.39 is 0 Å². The highest BCUT2D eigenvalue weighted by Crippen LogP contribution is 2.24. The first-order chi connectivity index (χ1) is 11.9. The van der Waals surface area contributed by atoms with Crippen LogP contribution in [-0.2, 0) is 24.4 Å². The minimum Gasteiger partial charge on any atom is -0.369 e. The van der Waals surface area contributed by atoms with Crippen molar-refractivity contribution in [3.8, 4) is 11.3 Å². The number of nitrogens with zero attached hydrogens (tertiary/aromatic N) is 5. The van der Waals surface area contributed by atoms with Crippen LogP contribution in [0.2, 0.25) is 0 Å². The monoisotopic (exact) mass is 322 g/mol. The van der Waals surface area contributed by atoms with Crippen LogP contribution in [0.1, 0.15) is 11.3 Å². The zero-order chi connectivity index (χ0) is 16.2. The van der Waals surface area contributed by atoms with Gasteiger partial charge >= 0.3 is 0 Å². The van der Waals surface area contributed by atoms with Crippen LogP contribution in [-0.4, -0.2) is 37.6 Å². The van der Waals surface area contributed by atoms with Gasteiger partial charge in [-0.05, 0) is 29.8 Å². The number of aromatic nitrogens is 5. The van der Waals surface area contributed by atoms with Gasteiger partial charge in [0.1, 0.15) is 5.69 Å². The van der Waals surface area contributed by atoms with E-state index in [0.29, 0.717) is 13.2 Å². The maximum atomic E-state index is 5.97. The molecule has 4 heterocycles. The molecule has 1 N–H and O–H groups in total. The second kappa shape index (κ2) is 6.86. The van der Waals surface area contributed by atoms with Crippen molar-refractivity contribution in [1.29, 1.82) is 0 Å². The molecule has 4 rings (SSSR count). The number of ether oxygens (including phenoxy) is 1. The van der Waals surface area contributed by atoms with Gasteiger partial charge in [-0.3, -0.25) is 9.97 Å². The van der Waals surface area contributed by atoms with Crippen LogP contribution in [0.4, 0.5) is 0 Å². The summed E-state index contributed by atoms with van der Waals surface area (Å²) >= 11 is 0. The molecule has 7 heteroatoms. The molecule has 0 saturated heterocycles. The Hall–Kier alpha value is -2.64. The summed E-state index contributed by atoms with van der Waals surface area (Å²) in [5, 5.41) is 12.0. The van der Waals surface area contributed by atoms with Crippen LogP contribution >= 0.6 is 0 Å². The molecule has 3 aromatic rings. The Kier molecular flexibility index (Phi) is 4.26. The van der Waals surface area contributed by atoms with Crippen LogP contribution in [0.5, 0.6) is 0 Å². The summed E-state index contributed by atoms with van der Waals surface area (Å²) in [7, 11) is 0. The van der Waals surface area contributed by atoms with E-state index in [2.05, 4.69) is 25.6 Å². The van der Waals surface area contributed by atoms with Crippen LogP contribution < -0.4 is 5.32 Å². The SMILES string of the molecule is c1cc(CNC[C@@H]2Cn3nnc(-c4ccncc4)c3CO2)ccn1. The van der Waals surface area contributed by atoms with E-state index in [0.717, 1.165) is 30.0 Å². The van der Waals surface area contributed by atoms with Crippen molar-refractivity contribution < 1.29 is 4.74 Å². The second-order valence-electron chi connectivity index (χ2n) is 5.72. The summed E-state index contributed by atoms with van der Waals surface area (Å²) in [4.78, 5) is 8.06. The molecule has 1 atom stereocenters. The third-order valence-corrected chi connectivity index (χ3v) is 4.07. The van der Waals surface area contributed by atoms with Crippen LogP contribution in [0.15, 0.2) is 49.1 Å². The summed E-state index contributed by atoms with van der Waals surface area (Å²) < 4.78 is 7.91. The molecule has 0 radical (unpaired) electrons. The third kappa shape index (κ3) is 3.17. The maximum absolute atomic E-state index is 5.97. The van der Waals surface area contributed by atoms with Gasteiger partial charge in [-0.1, -0.05) is 5.21 Å². The van der Waals surface area contributed by atoms with E-state index in [1.165, 1.54) is 5.56 Å². The summed E-state index contributed by atoms with van der Waals surface area (Å²) in [6, 6.07) is 7.89. The largest absolute Gasteiger partial charge is 0.369 e. The Labute approximate surface area is 139 Å². The van der Waals surface area contributed by atoms with E-state index in [4.69, 9.17) is 4.74 Å². The predicted octanol–water partition coefficient (Wildman–Crippen LogP) is 1.42. The van der Waals surface area contributed by atoms with Gasteiger partial charge < -0.3 is 10.1 Å². The maximum Gasteiger partial charge on any atom is 0.118 e. The number of pyridine rings is 2. The van der Waals surface area contributed by atoms with Gasteiger partial charge in [0, 0.05) is 43.4 Å². The molecule has 0 amide bonds. The Bertz CT molecular complexity index is 789. The first-order valence-corrected chi connectivity index (χ1v) is 7.94. The van der Waals surface area contributed by atoms with E-state index in [1.54, 1.807) is 24.8 Å². The lowest BCUT2D eigenvalue weighted by Gasteiger charge is -2.24. The molecule has 3 aromatic heterocycles. The molecular weight excluding hydrogens is 304 g/mol. The number of fused-ring (bicyclic) bond motifs is 1. The fraction of sp³-hybridized carbons (Fsp3) is 0.294. The molecule has 0 spiro atoms. The van der Waals surface area contributed by atoms with E-state index >= 15 is 0 Å². The quantitative estimate of drug-likeness (QED) is 0.765. The van der Waals surface area contributed by atoms with Gasteiger partial charge in [-0.25, -0.2) is 4.68 Å². The average Bonchev–Trinajstić information content (AvgIpc) is 3.07. The molecule has 1 aliphatic heterocycles. The molecule has 24 heavy (non-hydrogen) atoms. The van der Waals surface area contributed by atoms with Crippen molar-refractivity contribution >= 4 is 0 Å². The molecule has 0 aliphatic carbocycles. The zero-order valence-corrected chi connectivity index (χ0v) is 13.2. The highest BCUT2D eigenvalue weighted by atomic mass is 16.5. The van der Waals surface area contributed by atoms with Crippen molar-refractivity contribution in [2.24, 2.45) is 0 Å². The lowest BCUT2D eigenvalue weighted by atomic mass is 10.1. The van der Waals surface area contributed by atoms with Gasteiger partial charge in [-0.15, -0.1) is 5.10 Å². The highest BCUT2D eigenvalue weighted by molar-refractivity contribution is 5.60. The number of hydrogen-bond acceptors (Lipinski definition) is 6. The highest BCUT2D eigenvalue weighted by Gasteiger charge is 2.24. The molecule has 0 unspecified atom stereocenters. The Morgan fingerprint density at radius 3 is 2.62 bits per heavy atom. The molecule has 0 fully saturated rings. The normalized spacial score (nSPS) is 16.8. The van der Waals surface area contributed by atoms with Crippen LogP contribution in [0.25, 0.3) is 11.3 Å². The third-order valence-electron chi connectivity index (χ3n) is 4.07. The summed E-state index contributed by atoms with van der Waals surface area (Å²) in [5.41, 5.74) is 4.12. The van der Waals surface area contributed by atoms with Crippen LogP contribution in [0, 0.1) is 0 Å². The van der Waals surface area contributed by atoms with Gasteiger partial charge in [0.15, 0.2) is 0 Å². The molecule has 1 aliphatic rings. The second-order valence-corrected chi connectivity index (χ2v) is 5.72. The molecular formula is C17H18N6O. The number of hydrogen-bond donors (Lipinski definition) is 1. The van der Waals surface area contributed by atoms with Crippen molar-refractivity contribution in [3.05, 3.63) is 60.3 Å². The zero-order valence-electron chi connectivity index (χ0n) is 13.2. The first kappa shape index (κ1) is 14.9. The summed E-state index contributed by atoms with van der Waals surface area (Å²) in [6.07, 6.45) is 7.21.